The Balaban J connectivity index is 1.45. The van der Waals surface area contributed by atoms with Gasteiger partial charge in [0.15, 0.2) is 17.5 Å². The number of aromatic nitrogens is 3. The Labute approximate surface area is 193 Å². The topological polar surface area (TPSA) is 91.8 Å². The highest BCUT2D eigenvalue weighted by Gasteiger charge is 2.18. The third kappa shape index (κ3) is 5.29. The number of rotatable bonds is 6. The van der Waals surface area contributed by atoms with Crippen molar-refractivity contribution in [2.24, 2.45) is 0 Å². The first-order valence-electron chi connectivity index (χ1n) is 10.2. The van der Waals surface area contributed by atoms with Crippen molar-refractivity contribution in [1.29, 1.82) is 0 Å². The molecule has 0 aliphatic carbocycles. The molecular weight excluding hydrogens is 445 g/mol. The van der Waals surface area contributed by atoms with E-state index in [1.807, 2.05) is 19.1 Å². The van der Waals surface area contributed by atoms with Crippen LogP contribution in [0, 0.1) is 31.3 Å². The Morgan fingerprint density at radius 2 is 1.44 bits per heavy atom. The number of hydrogen-bond acceptors (Lipinski definition) is 6. The van der Waals surface area contributed by atoms with Gasteiger partial charge in [0.05, 0.1) is 5.56 Å². The maximum absolute atomic E-state index is 13.8. The van der Waals surface area contributed by atoms with Crippen LogP contribution in [-0.4, -0.2) is 20.9 Å². The summed E-state index contributed by atoms with van der Waals surface area (Å²) < 4.78 is 40.3. The summed E-state index contributed by atoms with van der Waals surface area (Å²) in [4.78, 5) is 25.2. The van der Waals surface area contributed by atoms with E-state index >= 15 is 0 Å². The zero-order chi connectivity index (χ0) is 24.2. The first-order valence-corrected chi connectivity index (χ1v) is 10.2. The lowest BCUT2D eigenvalue weighted by molar-refractivity contribution is 0.102. The van der Waals surface area contributed by atoms with Crippen LogP contribution in [0.1, 0.15) is 21.7 Å². The van der Waals surface area contributed by atoms with Gasteiger partial charge in [0.2, 0.25) is 0 Å². The van der Waals surface area contributed by atoms with Crippen LogP contribution in [0.2, 0.25) is 0 Å². The molecular formula is C24H19F3N6O. The van der Waals surface area contributed by atoms with E-state index in [0.29, 0.717) is 40.7 Å². The molecule has 4 rings (SSSR count). The van der Waals surface area contributed by atoms with Crippen LogP contribution in [0.15, 0.2) is 60.8 Å². The van der Waals surface area contributed by atoms with E-state index in [1.165, 1.54) is 0 Å². The highest BCUT2D eigenvalue weighted by molar-refractivity contribution is 6.04. The summed E-state index contributed by atoms with van der Waals surface area (Å²) in [5, 5.41) is 8.73. The number of carbonyl (C=O) groups excluding carboxylic acids is 1. The molecule has 0 saturated heterocycles. The number of nitrogens with zero attached hydrogens (tertiary/aromatic N) is 3. The van der Waals surface area contributed by atoms with Crippen LogP contribution in [0.25, 0.3) is 0 Å². The minimum absolute atomic E-state index is 0.339. The smallest absolute Gasteiger partial charge is 0.258 e. The molecule has 0 spiro atoms. The summed E-state index contributed by atoms with van der Waals surface area (Å²) in [6.07, 6.45) is 1.70. The first kappa shape index (κ1) is 22.7. The van der Waals surface area contributed by atoms with Crippen molar-refractivity contribution in [2.45, 2.75) is 13.8 Å². The minimum atomic E-state index is -1.70. The molecule has 34 heavy (non-hydrogen) atoms. The van der Waals surface area contributed by atoms with Crippen molar-refractivity contribution in [3.8, 4) is 0 Å². The summed E-state index contributed by atoms with van der Waals surface area (Å²) in [7, 11) is 0. The van der Waals surface area contributed by atoms with E-state index in [4.69, 9.17) is 0 Å². The SMILES string of the molecule is Cc1ccnc(Nc2cc(Nc3ccc(NC(=O)c4ccc(F)c(F)c4F)cc3)nc(C)n2)c1. The van der Waals surface area contributed by atoms with Gasteiger partial charge < -0.3 is 16.0 Å². The molecule has 2 heterocycles. The second-order valence-corrected chi connectivity index (χ2v) is 7.41. The van der Waals surface area contributed by atoms with E-state index in [1.54, 1.807) is 43.5 Å². The lowest BCUT2D eigenvalue weighted by Gasteiger charge is -2.11. The molecule has 1 amide bonds. The van der Waals surface area contributed by atoms with Gasteiger partial charge in [-0.3, -0.25) is 4.79 Å². The van der Waals surface area contributed by atoms with Crippen molar-refractivity contribution in [3.05, 3.63) is 95.2 Å². The number of benzene rings is 2. The van der Waals surface area contributed by atoms with Crippen LogP contribution < -0.4 is 16.0 Å². The van der Waals surface area contributed by atoms with E-state index in [2.05, 4.69) is 30.9 Å². The summed E-state index contributed by atoms with van der Waals surface area (Å²) in [5.41, 5.74) is 1.46. The highest BCUT2D eigenvalue weighted by Crippen LogP contribution is 2.22. The molecule has 4 aromatic rings. The largest absolute Gasteiger partial charge is 0.340 e. The molecule has 0 fully saturated rings. The van der Waals surface area contributed by atoms with Crippen molar-refractivity contribution in [2.75, 3.05) is 16.0 Å². The zero-order valence-corrected chi connectivity index (χ0v) is 18.2. The molecule has 3 N–H and O–H groups in total. The van der Waals surface area contributed by atoms with Crippen LogP contribution in [0.5, 0.6) is 0 Å². The first-order chi connectivity index (χ1) is 16.3. The molecule has 0 bridgehead atoms. The predicted octanol–water partition coefficient (Wildman–Crippen LogP) is 5.65. The maximum Gasteiger partial charge on any atom is 0.258 e. The van der Waals surface area contributed by atoms with Crippen LogP contribution in [0.3, 0.4) is 0 Å². The molecule has 10 heteroatoms. The number of aryl methyl sites for hydroxylation is 2. The van der Waals surface area contributed by atoms with E-state index < -0.39 is 28.9 Å². The van der Waals surface area contributed by atoms with Gasteiger partial charge in [-0.1, -0.05) is 0 Å². The van der Waals surface area contributed by atoms with Crippen molar-refractivity contribution >= 4 is 34.7 Å². The fourth-order valence-electron chi connectivity index (χ4n) is 3.12. The second-order valence-electron chi connectivity index (χ2n) is 7.41. The number of halogens is 3. The lowest BCUT2D eigenvalue weighted by atomic mass is 10.1. The van der Waals surface area contributed by atoms with Gasteiger partial charge in [0.25, 0.3) is 5.91 Å². The Hall–Kier alpha value is -4.47. The van der Waals surface area contributed by atoms with Crippen LogP contribution >= 0.6 is 0 Å². The molecule has 0 saturated carbocycles. The van der Waals surface area contributed by atoms with Crippen LogP contribution in [-0.2, 0) is 0 Å². The quantitative estimate of drug-likeness (QED) is 0.320. The Morgan fingerprint density at radius 1 is 0.765 bits per heavy atom. The molecule has 7 nitrogen and oxygen atoms in total. The number of hydrogen-bond donors (Lipinski definition) is 3. The third-order valence-corrected chi connectivity index (χ3v) is 4.70. The second kappa shape index (κ2) is 9.57. The molecule has 0 aliphatic rings. The van der Waals surface area contributed by atoms with E-state index in [-0.39, 0.29) is 0 Å². The molecule has 0 unspecified atom stereocenters. The average Bonchev–Trinajstić information content (AvgIpc) is 2.78. The van der Waals surface area contributed by atoms with Crippen molar-refractivity contribution < 1.29 is 18.0 Å². The molecule has 2 aromatic carbocycles. The number of carbonyl (C=O) groups is 1. The fourth-order valence-corrected chi connectivity index (χ4v) is 3.12. The summed E-state index contributed by atoms with van der Waals surface area (Å²) in [5.74, 6) is -3.21. The van der Waals surface area contributed by atoms with Gasteiger partial charge in [-0.05, 0) is 67.9 Å². The number of amides is 1. The Kier molecular flexibility index (Phi) is 6.39. The van der Waals surface area contributed by atoms with Gasteiger partial charge >= 0.3 is 0 Å². The monoisotopic (exact) mass is 464 g/mol. The van der Waals surface area contributed by atoms with Gasteiger partial charge in [-0.2, -0.15) is 0 Å². The third-order valence-electron chi connectivity index (χ3n) is 4.70. The highest BCUT2D eigenvalue weighted by atomic mass is 19.2. The molecule has 0 atom stereocenters. The van der Waals surface area contributed by atoms with E-state index in [9.17, 15) is 18.0 Å². The molecule has 0 radical (unpaired) electrons. The summed E-state index contributed by atoms with van der Waals surface area (Å²) in [6.45, 7) is 3.72. The van der Waals surface area contributed by atoms with Gasteiger partial charge in [-0.15, -0.1) is 0 Å². The number of anilines is 5. The van der Waals surface area contributed by atoms with Crippen molar-refractivity contribution in [3.63, 3.8) is 0 Å². The number of nitrogens with one attached hydrogen (secondary N) is 3. The van der Waals surface area contributed by atoms with Crippen molar-refractivity contribution in [1.82, 2.24) is 15.0 Å². The average molecular weight is 464 g/mol. The van der Waals surface area contributed by atoms with Gasteiger partial charge in [0, 0.05) is 23.6 Å². The fraction of sp³-hybridized carbons (Fsp3) is 0.0833. The van der Waals surface area contributed by atoms with Crippen LogP contribution in [0.4, 0.5) is 42.0 Å². The molecule has 2 aromatic heterocycles. The van der Waals surface area contributed by atoms with Gasteiger partial charge in [0.1, 0.15) is 23.3 Å². The number of pyridine rings is 1. The van der Waals surface area contributed by atoms with E-state index in [0.717, 1.165) is 11.6 Å². The Bertz CT molecular complexity index is 1360. The predicted molar refractivity (Wildman–Crippen MR) is 123 cm³/mol. The molecule has 172 valence electrons. The standard InChI is InChI=1S/C24H19F3N6O/c1-13-9-10-28-19(11-13)33-21-12-20(29-14(2)30-21)31-15-3-5-16(6-4-15)32-24(34)17-7-8-18(25)23(27)22(17)26/h3-12H,1-2H3,(H,32,34)(H2,28,29,30,31,33). The Morgan fingerprint density at radius 3 is 2.15 bits per heavy atom. The maximum atomic E-state index is 13.8. The van der Waals surface area contributed by atoms with Gasteiger partial charge in [-0.25, -0.2) is 28.1 Å². The minimum Gasteiger partial charge on any atom is -0.340 e. The summed E-state index contributed by atoms with van der Waals surface area (Å²) in [6, 6.07) is 13.6. The normalized spacial score (nSPS) is 10.6. The molecule has 0 aliphatic heterocycles. The lowest BCUT2D eigenvalue weighted by Crippen LogP contribution is -2.15. The zero-order valence-electron chi connectivity index (χ0n) is 18.2. The summed E-state index contributed by atoms with van der Waals surface area (Å²) >= 11 is 0.